The van der Waals surface area contributed by atoms with Crippen LogP contribution >= 0.6 is 0 Å². The predicted octanol–water partition coefficient (Wildman–Crippen LogP) is 5.66. The molecular formula is C36H40N8O3. The third-order valence-electron chi connectivity index (χ3n) is 10.3. The number of methoxy groups -OCH3 is 1. The van der Waals surface area contributed by atoms with Gasteiger partial charge in [-0.3, -0.25) is 9.59 Å². The summed E-state index contributed by atoms with van der Waals surface area (Å²) in [5.74, 6) is 1.89. The molecule has 11 heteroatoms. The standard InChI is InChI=1S/C36H40N8O3/c1-42-32-27(17-22(19-30(32)47-2)36(46)44-23-12-14-28(44)25(37)20-23)40-35(42)29-18-21-11-13-26-24-9-8-15-38-33(24)41-31(45)10-6-4-3-5-7-16-43(29)34(21)39-26/h8-9,11,13,15,17-19,23,25,28H,3-7,10,12,14,16,20,37H2,1-2H3,(H,38,41,45)/t23-,25+,28+/m0/s1. The zero-order valence-corrected chi connectivity index (χ0v) is 26.9. The molecule has 4 aromatic heterocycles. The van der Waals surface area contributed by atoms with Crippen LogP contribution in [0.3, 0.4) is 0 Å². The Morgan fingerprint density at radius 1 is 1.04 bits per heavy atom. The number of nitrogens with zero attached hydrogens (tertiary/aromatic N) is 6. The lowest BCUT2D eigenvalue weighted by Crippen LogP contribution is -2.40. The fourth-order valence-corrected chi connectivity index (χ4v) is 8.00. The summed E-state index contributed by atoms with van der Waals surface area (Å²) >= 11 is 0. The van der Waals surface area contributed by atoms with Gasteiger partial charge in [-0.05, 0) is 74.6 Å². The molecule has 1 aromatic carbocycles. The number of fused-ring (bicyclic) bond motifs is 6. The summed E-state index contributed by atoms with van der Waals surface area (Å²) in [7, 11) is 3.63. The minimum Gasteiger partial charge on any atom is -0.494 e. The average Bonchev–Trinajstić information content (AvgIpc) is 3.83. The summed E-state index contributed by atoms with van der Waals surface area (Å²) in [5, 5.41) is 4.01. The molecule has 3 N–H and O–H groups in total. The van der Waals surface area contributed by atoms with Crippen molar-refractivity contribution in [3.05, 3.63) is 54.2 Å². The molecule has 5 aromatic rings. The normalized spacial score (nSPS) is 21.6. The molecular weight excluding hydrogens is 592 g/mol. The van der Waals surface area contributed by atoms with Crippen molar-refractivity contribution < 1.29 is 14.3 Å². The van der Waals surface area contributed by atoms with Gasteiger partial charge in [-0.2, -0.15) is 0 Å². The lowest BCUT2D eigenvalue weighted by molar-refractivity contribution is -0.116. The molecule has 11 nitrogen and oxygen atoms in total. The Kier molecular flexibility index (Phi) is 7.43. The molecule has 2 amide bonds. The number of amides is 2. The number of nitrogens with one attached hydrogen (secondary N) is 1. The number of aromatic nitrogens is 5. The highest BCUT2D eigenvalue weighted by Gasteiger charge is 2.47. The summed E-state index contributed by atoms with van der Waals surface area (Å²) in [6.45, 7) is 0.772. The molecule has 47 heavy (non-hydrogen) atoms. The van der Waals surface area contributed by atoms with Crippen LogP contribution in [0.2, 0.25) is 0 Å². The lowest BCUT2D eigenvalue weighted by atomic mass is 9.97. The van der Waals surface area contributed by atoms with Crippen LogP contribution in [-0.2, 0) is 18.4 Å². The summed E-state index contributed by atoms with van der Waals surface area (Å²) in [6, 6.07) is 14.1. The number of aryl methyl sites for hydroxylation is 2. The highest BCUT2D eigenvalue weighted by atomic mass is 16.5. The molecule has 2 saturated heterocycles. The summed E-state index contributed by atoms with van der Waals surface area (Å²) in [5.41, 5.74) is 11.8. The molecule has 0 aliphatic carbocycles. The van der Waals surface area contributed by atoms with Gasteiger partial charge in [0, 0.05) is 60.8 Å². The Balaban J connectivity index is 1.24. The van der Waals surface area contributed by atoms with E-state index in [0.717, 1.165) is 97.2 Å². The SMILES string of the molecule is COc1cc(C(=O)N2[C@H]3CC[C@@H]2[C@H](N)C3)cc2nc(-c3cc4ccc5nc4n3CCCCCCCC(=O)Nc3ncccc3-5)n(C)c12. The Hall–Kier alpha value is -4.77. The number of imidazole rings is 1. The highest BCUT2D eigenvalue weighted by Crippen LogP contribution is 2.40. The van der Waals surface area contributed by atoms with E-state index in [2.05, 4.69) is 31.6 Å². The molecule has 0 unspecified atom stereocenters. The average molecular weight is 633 g/mol. The van der Waals surface area contributed by atoms with Gasteiger partial charge < -0.3 is 29.8 Å². The number of benzene rings is 1. The van der Waals surface area contributed by atoms with Crippen LogP contribution in [0.15, 0.2) is 48.7 Å². The van der Waals surface area contributed by atoms with Gasteiger partial charge in [-0.25, -0.2) is 15.0 Å². The van der Waals surface area contributed by atoms with Crippen molar-refractivity contribution in [2.24, 2.45) is 12.8 Å². The lowest BCUT2D eigenvalue weighted by Gasteiger charge is -2.23. The van der Waals surface area contributed by atoms with Crippen LogP contribution in [0, 0.1) is 0 Å². The number of nitrogens with two attached hydrogens (primary N) is 1. The molecule has 0 spiro atoms. The second kappa shape index (κ2) is 11.8. The Morgan fingerprint density at radius 3 is 2.70 bits per heavy atom. The molecule has 0 saturated carbocycles. The highest BCUT2D eigenvalue weighted by molar-refractivity contribution is 6.01. The van der Waals surface area contributed by atoms with Gasteiger partial charge >= 0.3 is 0 Å². The molecule has 8 rings (SSSR count). The second-order valence-electron chi connectivity index (χ2n) is 13.2. The van der Waals surface area contributed by atoms with Crippen LogP contribution in [0.5, 0.6) is 5.75 Å². The maximum Gasteiger partial charge on any atom is 0.254 e. The Morgan fingerprint density at radius 2 is 1.89 bits per heavy atom. The summed E-state index contributed by atoms with van der Waals surface area (Å²) < 4.78 is 10.2. The van der Waals surface area contributed by atoms with Crippen molar-refractivity contribution in [1.82, 2.24) is 29.0 Å². The Bertz CT molecular complexity index is 2030. The maximum absolute atomic E-state index is 13.8. The third-order valence-corrected chi connectivity index (χ3v) is 10.3. The van der Waals surface area contributed by atoms with E-state index in [0.29, 0.717) is 29.1 Å². The summed E-state index contributed by atoms with van der Waals surface area (Å²) in [6.07, 6.45) is 9.91. The minimum absolute atomic E-state index is 0.00128. The number of pyridine rings is 2. The van der Waals surface area contributed by atoms with E-state index < -0.39 is 0 Å². The van der Waals surface area contributed by atoms with Crippen molar-refractivity contribution in [3.8, 4) is 28.5 Å². The van der Waals surface area contributed by atoms with Crippen LogP contribution in [0.25, 0.3) is 44.8 Å². The van der Waals surface area contributed by atoms with Gasteiger partial charge in [-0.1, -0.05) is 19.3 Å². The monoisotopic (exact) mass is 632 g/mol. The number of carbonyl (C=O) groups is 2. The van der Waals surface area contributed by atoms with Crippen LogP contribution < -0.4 is 15.8 Å². The van der Waals surface area contributed by atoms with E-state index >= 15 is 0 Å². The van der Waals surface area contributed by atoms with Crippen molar-refractivity contribution >= 4 is 39.7 Å². The van der Waals surface area contributed by atoms with E-state index in [1.807, 2.05) is 42.3 Å². The van der Waals surface area contributed by atoms with Crippen LogP contribution in [0.4, 0.5) is 5.82 Å². The van der Waals surface area contributed by atoms with E-state index in [1.54, 1.807) is 13.3 Å². The molecule has 7 heterocycles. The van der Waals surface area contributed by atoms with Crippen LogP contribution in [0.1, 0.15) is 68.1 Å². The van der Waals surface area contributed by atoms with Crippen molar-refractivity contribution in [2.75, 3.05) is 12.4 Å². The van der Waals surface area contributed by atoms with Gasteiger partial charge in [0.05, 0.1) is 24.0 Å². The number of rotatable bonds is 3. The van der Waals surface area contributed by atoms with Crippen molar-refractivity contribution in [3.63, 3.8) is 0 Å². The van der Waals surface area contributed by atoms with Gasteiger partial charge in [0.1, 0.15) is 22.7 Å². The molecule has 3 aliphatic rings. The van der Waals surface area contributed by atoms with Crippen LogP contribution in [-0.4, -0.2) is 66.0 Å². The number of hydrogen-bond donors (Lipinski definition) is 2. The quantitative estimate of drug-likeness (QED) is 0.262. The third kappa shape index (κ3) is 5.04. The first-order valence-electron chi connectivity index (χ1n) is 16.8. The Labute approximate surface area is 273 Å². The molecule has 242 valence electrons. The van der Waals surface area contributed by atoms with E-state index in [9.17, 15) is 9.59 Å². The first-order chi connectivity index (χ1) is 22.9. The molecule has 4 bridgehead atoms. The first-order valence-corrected chi connectivity index (χ1v) is 16.8. The van der Waals surface area contributed by atoms with E-state index in [4.69, 9.17) is 20.4 Å². The largest absolute Gasteiger partial charge is 0.494 e. The minimum atomic E-state index is -0.0231. The first kappa shape index (κ1) is 29.6. The number of ether oxygens (including phenoxy) is 1. The molecule has 3 aliphatic heterocycles. The van der Waals surface area contributed by atoms with Crippen molar-refractivity contribution in [1.29, 1.82) is 0 Å². The smallest absolute Gasteiger partial charge is 0.254 e. The maximum atomic E-state index is 13.8. The fourth-order valence-electron chi connectivity index (χ4n) is 8.00. The van der Waals surface area contributed by atoms with Gasteiger partial charge in [0.2, 0.25) is 5.91 Å². The van der Waals surface area contributed by atoms with Gasteiger partial charge in [0.15, 0.2) is 5.82 Å². The summed E-state index contributed by atoms with van der Waals surface area (Å²) in [4.78, 5) is 43.3. The predicted molar refractivity (Wildman–Crippen MR) is 181 cm³/mol. The molecule has 0 radical (unpaired) electrons. The second-order valence-corrected chi connectivity index (χ2v) is 13.2. The topological polar surface area (TPSA) is 133 Å². The zero-order chi connectivity index (χ0) is 32.2. The fraction of sp³-hybridized carbons (Fsp3) is 0.417. The van der Waals surface area contributed by atoms with Gasteiger partial charge in [-0.15, -0.1) is 0 Å². The van der Waals surface area contributed by atoms with E-state index in [-0.39, 0.29) is 29.9 Å². The van der Waals surface area contributed by atoms with E-state index in [1.165, 1.54) is 0 Å². The number of hydrogen-bond acceptors (Lipinski definition) is 7. The van der Waals surface area contributed by atoms with Crippen molar-refractivity contribution in [2.45, 2.75) is 82.5 Å². The molecule has 3 atom stereocenters. The number of anilines is 1. The van der Waals surface area contributed by atoms with Gasteiger partial charge in [0.25, 0.3) is 5.91 Å². The molecule has 2 fully saturated rings. The zero-order valence-electron chi connectivity index (χ0n) is 26.9. The number of carbonyl (C=O) groups excluding carboxylic acids is 2.